The summed E-state index contributed by atoms with van der Waals surface area (Å²) in [7, 11) is 5.81. The highest BCUT2D eigenvalue weighted by molar-refractivity contribution is 4.56. The Morgan fingerprint density at radius 3 is 2.11 bits per heavy atom. The third-order valence-electron chi connectivity index (χ3n) is 1.38. The van der Waals surface area contributed by atoms with Gasteiger partial charge in [0.25, 0.3) is 0 Å². The maximum Gasteiger partial charge on any atom is 0.235 e. The van der Waals surface area contributed by atoms with Crippen molar-refractivity contribution in [3.8, 4) is 0 Å². The summed E-state index contributed by atoms with van der Waals surface area (Å²) in [6.45, 7) is 2.16. The number of methoxy groups -OCH3 is 1. The lowest BCUT2D eigenvalue weighted by atomic mass is 10.3. The summed E-state index contributed by atoms with van der Waals surface area (Å²) in [5.74, 6) is 0. The van der Waals surface area contributed by atoms with Gasteiger partial charge in [-0.05, 0) is 6.42 Å². The van der Waals surface area contributed by atoms with Gasteiger partial charge < -0.3 is 4.74 Å². The minimum atomic E-state index is 0.301. The van der Waals surface area contributed by atoms with Crippen LogP contribution in [-0.4, -0.2) is 27.4 Å². The normalized spacial score (nSPS) is 14.3. The van der Waals surface area contributed by atoms with Gasteiger partial charge in [0.2, 0.25) is 6.23 Å². The average Bonchev–Trinajstić information content (AvgIpc) is 1.82. The number of hydrogen-bond donors (Lipinski definition) is 0. The molecule has 1 atom stereocenters. The molecule has 0 amide bonds. The van der Waals surface area contributed by atoms with Crippen LogP contribution in [0.4, 0.5) is 0 Å². The largest absolute Gasteiger partial charge is 0.329 e. The van der Waals surface area contributed by atoms with Gasteiger partial charge in [0.1, 0.15) is 14.1 Å². The molecular weight excluding hydrogens is 114 g/mol. The first-order valence-electron chi connectivity index (χ1n) is 3.41. The Bertz CT molecular complexity index is 63.9. The third-order valence-corrected chi connectivity index (χ3v) is 1.38. The summed E-state index contributed by atoms with van der Waals surface area (Å²) in [4.78, 5) is 2.09. The molecule has 0 saturated heterocycles. The Balaban J connectivity index is 3.41. The lowest BCUT2D eigenvalue weighted by molar-refractivity contribution is 0.0341. The first-order valence-corrected chi connectivity index (χ1v) is 3.41. The fourth-order valence-electron chi connectivity index (χ4n) is 0.834. The van der Waals surface area contributed by atoms with Gasteiger partial charge in [-0.1, -0.05) is 6.92 Å². The van der Waals surface area contributed by atoms with Crippen molar-refractivity contribution in [2.45, 2.75) is 26.0 Å². The maximum atomic E-state index is 5.18. The van der Waals surface area contributed by atoms with Crippen molar-refractivity contribution in [2.75, 3.05) is 21.2 Å². The van der Waals surface area contributed by atoms with E-state index in [0.29, 0.717) is 6.23 Å². The lowest BCUT2D eigenvalue weighted by Gasteiger charge is -2.11. The monoisotopic (exact) mass is 131 g/mol. The van der Waals surface area contributed by atoms with Crippen LogP contribution in [0.1, 0.15) is 19.8 Å². The van der Waals surface area contributed by atoms with E-state index in [0.717, 1.165) is 6.42 Å². The van der Waals surface area contributed by atoms with Crippen molar-refractivity contribution in [2.24, 2.45) is 0 Å². The Labute approximate surface area is 57.8 Å². The summed E-state index contributed by atoms with van der Waals surface area (Å²) in [5.41, 5.74) is 0. The number of rotatable bonds is 4. The van der Waals surface area contributed by atoms with Crippen molar-refractivity contribution in [3.05, 3.63) is 0 Å². The molecule has 55 valence electrons. The van der Waals surface area contributed by atoms with Crippen LogP contribution in [0.3, 0.4) is 0 Å². The van der Waals surface area contributed by atoms with Crippen LogP contribution in [0.15, 0.2) is 0 Å². The van der Waals surface area contributed by atoms with Gasteiger partial charge in [-0.25, -0.2) is 0 Å². The summed E-state index contributed by atoms with van der Waals surface area (Å²) in [6, 6.07) is 0. The quantitative estimate of drug-likeness (QED) is 0.413. The lowest BCUT2D eigenvalue weighted by Crippen LogP contribution is -2.34. The van der Waals surface area contributed by atoms with Gasteiger partial charge in [0.05, 0.1) is 0 Å². The zero-order valence-electron chi connectivity index (χ0n) is 6.85. The predicted molar refractivity (Wildman–Crippen MR) is 39.7 cm³/mol. The molecule has 0 bridgehead atoms. The minimum Gasteiger partial charge on any atom is -0.329 e. The van der Waals surface area contributed by atoms with E-state index in [4.69, 9.17) is 4.74 Å². The molecular formula is C7H17NO+. The fourth-order valence-corrected chi connectivity index (χ4v) is 0.834. The van der Waals surface area contributed by atoms with E-state index < -0.39 is 0 Å². The molecule has 0 aliphatic heterocycles. The van der Waals surface area contributed by atoms with Crippen LogP contribution in [0.5, 0.6) is 0 Å². The molecule has 0 spiro atoms. The number of nitrogens with zero attached hydrogens (tertiary/aromatic N) is 1. The van der Waals surface area contributed by atoms with Gasteiger partial charge in [-0.15, -0.1) is 4.90 Å². The van der Waals surface area contributed by atoms with E-state index in [9.17, 15) is 0 Å². The smallest absolute Gasteiger partial charge is 0.235 e. The molecule has 9 heavy (non-hydrogen) atoms. The van der Waals surface area contributed by atoms with E-state index in [1.54, 1.807) is 7.11 Å². The van der Waals surface area contributed by atoms with E-state index in [1.165, 1.54) is 6.42 Å². The summed E-state index contributed by atoms with van der Waals surface area (Å²) in [6.07, 6.45) is 2.59. The number of ether oxygens (including phenoxy) is 1. The topological polar surface area (TPSA) is 15.1 Å². The van der Waals surface area contributed by atoms with Gasteiger partial charge in [0.15, 0.2) is 0 Å². The second-order valence-electron chi connectivity index (χ2n) is 2.44. The zero-order chi connectivity index (χ0) is 7.28. The minimum absolute atomic E-state index is 0.301. The van der Waals surface area contributed by atoms with Crippen molar-refractivity contribution >= 4 is 0 Å². The van der Waals surface area contributed by atoms with Crippen LogP contribution in [0, 0.1) is 0 Å². The van der Waals surface area contributed by atoms with Crippen molar-refractivity contribution in [3.63, 3.8) is 0 Å². The molecule has 0 aromatic carbocycles. The van der Waals surface area contributed by atoms with Gasteiger partial charge in [-0.3, -0.25) is 0 Å². The Hall–Kier alpha value is -0.0800. The highest BCUT2D eigenvalue weighted by atomic mass is 16.5. The Morgan fingerprint density at radius 1 is 1.44 bits per heavy atom. The molecule has 0 aliphatic carbocycles. The van der Waals surface area contributed by atoms with E-state index >= 15 is 0 Å². The van der Waals surface area contributed by atoms with E-state index in [-0.39, 0.29) is 0 Å². The molecule has 1 radical (unpaired) electrons. The standard InChI is InChI=1S/C7H17NO/c1-5-6-7(9-4)8(2)3/h7H,5-6H2,1-4H3/q+1. The summed E-state index contributed by atoms with van der Waals surface area (Å²) >= 11 is 0. The highest BCUT2D eigenvalue weighted by Crippen LogP contribution is 1.99. The zero-order valence-corrected chi connectivity index (χ0v) is 6.85. The maximum absolute atomic E-state index is 5.18. The van der Waals surface area contributed by atoms with Crippen LogP contribution >= 0.6 is 0 Å². The van der Waals surface area contributed by atoms with E-state index in [2.05, 4.69) is 11.8 Å². The van der Waals surface area contributed by atoms with Gasteiger partial charge in [-0.2, -0.15) is 0 Å². The first kappa shape index (κ1) is 8.92. The molecule has 0 N–H and O–H groups in total. The molecule has 0 aromatic rings. The van der Waals surface area contributed by atoms with E-state index in [1.807, 2.05) is 14.1 Å². The van der Waals surface area contributed by atoms with Crippen LogP contribution < -0.4 is 4.90 Å². The van der Waals surface area contributed by atoms with Gasteiger partial charge in [0, 0.05) is 13.5 Å². The molecule has 2 nitrogen and oxygen atoms in total. The van der Waals surface area contributed by atoms with Crippen LogP contribution in [0.25, 0.3) is 0 Å². The summed E-state index contributed by atoms with van der Waals surface area (Å²) in [5, 5.41) is 0. The first-order chi connectivity index (χ1) is 4.22. The SMILES string of the molecule is CCCC(OC)[N+](C)C. The van der Waals surface area contributed by atoms with Crippen molar-refractivity contribution in [1.29, 1.82) is 0 Å². The summed E-state index contributed by atoms with van der Waals surface area (Å²) < 4.78 is 5.18. The molecule has 0 saturated carbocycles. The Kier molecular flexibility index (Phi) is 4.72. The highest BCUT2D eigenvalue weighted by Gasteiger charge is 2.15. The molecule has 0 aromatic heterocycles. The number of hydrogen-bond acceptors (Lipinski definition) is 2. The average molecular weight is 131 g/mol. The molecule has 1 unspecified atom stereocenters. The van der Waals surface area contributed by atoms with Crippen LogP contribution in [-0.2, 0) is 4.74 Å². The van der Waals surface area contributed by atoms with Gasteiger partial charge >= 0.3 is 0 Å². The van der Waals surface area contributed by atoms with Crippen LogP contribution in [0.2, 0.25) is 0 Å². The third kappa shape index (κ3) is 3.49. The predicted octanol–water partition coefficient (Wildman–Crippen LogP) is 1.16. The molecule has 0 aliphatic rings. The molecule has 2 heteroatoms. The molecule has 0 fully saturated rings. The van der Waals surface area contributed by atoms with Crippen molar-refractivity contribution < 1.29 is 4.74 Å². The fraction of sp³-hybridized carbons (Fsp3) is 1.00. The second kappa shape index (κ2) is 4.77. The van der Waals surface area contributed by atoms with Crippen molar-refractivity contribution in [1.82, 2.24) is 4.90 Å². The molecule has 0 heterocycles. The molecule has 0 rings (SSSR count). The second-order valence-corrected chi connectivity index (χ2v) is 2.44. The Morgan fingerprint density at radius 2 is 2.00 bits per heavy atom.